The van der Waals surface area contributed by atoms with Crippen LogP contribution in [-0.2, 0) is 71.1 Å². The van der Waals surface area contributed by atoms with Gasteiger partial charge in [0.1, 0.15) is 171 Å². The van der Waals surface area contributed by atoms with Crippen molar-refractivity contribution in [3.8, 4) is 0 Å². The summed E-state index contributed by atoms with van der Waals surface area (Å²) in [4.78, 5) is 15.6. The van der Waals surface area contributed by atoms with Crippen LogP contribution in [0.2, 0.25) is 0 Å². The summed E-state index contributed by atoms with van der Waals surface area (Å²) in [5, 5.41) is 248. The summed E-state index contributed by atoms with van der Waals surface area (Å²) in [6, 6.07) is 0. The molecule has 582 valence electrons. The number of fused-ring (bicyclic) bond motifs is 3. The van der Waals surface area contributed by atoms with Crippen LogP contribution in [0.25, 0.3) is 0 Å². The minimum Gasteiger partial charge on any atom is -0.432 e. The third-order valence-electron chi connectivity index (χ3n) is 23.7. The first-order chi connectivity index (χ1) is 47.8. The molecule has 38 heteroatoms. The molecule has 1 unspecified atom stereocenters. The minimum atomic E-state index is -2.11. The van der Waals surface area contributed by atoms with Crippen LogP contribution in [0, 0.1) is 28.1 Å². The number of hydrogen-bond donors (Lipinski definition) is 23. The lowest BCUT2D eigenvalue weighted by atomic mass is 9.41. The second-order valence-corrected chi connectivity index (χ2v) is 29.6. The van der Waals surface area contributed by atoms with Crippen molar-refractivity contribution in [3.05, 3.63) is 12.2 Å². The largest absolute Gasteiger partial charge is 0.432 e. The van der Waals surface area contributed by atoms with Crippen molar-refractivity contribution in [1.29, 1.82) is 0 Å². The van der Waals surface area contributed by atoms with Crippen LogP contribution in [0.4, 0.5) is 0 Å². The van der Waals surface area contributed by atoms with E-state index in [9.17, 15) is 117 Å². The van der Waals surface area contributed by atoms with Gasteiger partial charge in [0.15, 0.2) is 37.6 Å². The average Bonchev–Trinajstić information content (AvgIpc) is 1.60. The van der Waals surface area contributed by atoms with E-state index in [0.717, 1.165) is 0 Å². The molecular weight excluding hydrogens is 1360 g/mol. The molecule has 7 aliphatic heterocycles. The number of ether oxygens (including phenoxy) is 14. The standard InChI is InChI=1S/C63H102O38/c1-21-11-62-9-5-30-60(2,31(62)6-10-63(21,20-62)101-58-51(98-55-45(84)40(79)34(73)24(14-66)92-55)47(86)49(28(18-70)95-58)97-54-44(83)39(78)33(72)23(13-65)91-54)7-4-8-61(30,3)59(87)100-57-52(99-56-46(85)41(80)35(74)25(15-67)93-56)50(37(76)26(16-68)94-57)88-19-29-36(75)42(81)48(27(17-69)89-29)96-53-43(82)38(77)32(71)22(12-64)90-53/h22-58,64-86H,1,4-20H2,2-3H3/t22-,23-,24-,25-,26-,27-,28-,29+,30+,31+,32-,33-,34-,35-,36+,37-,38+,39+,40+,41+,42-,43-,44-,45-,46-,47+,48-,49-,50+,51-,52-,53+,54+,55+,56+,57+,58+,60-,61-,62?,63+/m1/s1. The predicted octanol–water partition coefficient (Wildman–Crippen LogP) is -11.6. The highest BCUT2D eigenvalue weighted by molar-refractivity contribution is 5.77. The monoisotopic (exact) mass is 1470 g/mol. The van der Waals surface area contributed by atoms with Crippen molar-refractivity contribution in [3.63, 3.8) is 0 Å². The van der Waals surface area contributed by atoms with Gasteiger partial charge in [0.05, 0.1) is 63.9 Å². The van der Waals surface area contributed by atoms with Crippen molar-refractivity contribution in [2.75, 3.05) is 52.9 Å². The van der Waals surface area contributed by atoms with Crippen LogP contribution in [-0.4, -0.2) is 397 Å². The SMILES string of the molecule is C=C1CC23CC[C@H]4[C@@](C)(CCC[C@@]4(C)C(=O)O[C@@H]4O[C@H](CO)[C@@H](O)[C@H](OC[C@@H]5O[C@H](CO)[C@@H](O[C@@H]6O[C@H](CO)[C@@H](O)[C@H](O)[C@H]6O)[C@H](O)[C@H]5O)[C@H]4O[C@@H]4O[C@H](CO)[C@@H](O)[C@H](O)[C@H]4O)[C@@H]2CC[C@]1(O[C@@H]1O[C@H](CO)[C@@H](O[C@@H]2O[C@H](CO)[C@@H](O)[C@H](O)[C@H]2O)[C@H](O)[C@H]1O[C@@H]1O[C@H](CO)[C@@H](O)[C@H](O)[C@H]1O)C3. The highest BCUT2D eigenvalue weighted by Gasteiger charge is 2.70. The van der Waals surface area contributed by atoms with Gasteiger partial charge in [0.2, 0.25) is 6.29 Å². The first-order valence-electron chi connectivity index (χ1n) is 34.4. The Morgan fingerprint density at radius 2 is 0.792 bits per heavy atom. The van der Waals surface area contributed by atoms with Gasteiger partial charge in [-0.3, -0.25) is 4.79 Å². The molecule has 2 bridgehead atoms. The predicted molar refractivity (Wildman–Crippen MR) is 322 cm³/mol. The van der Waals surface area contributed by atoms with E-state index in [1.165, 1.54) is 0 Å². The highest BCUT2D eigenvalue weighted by Crippen LogP contribution is 2.74. The number of esters is 1. The molecule has 11 fully saturated rings. The minimum absolute atomic E-state index is 0.173. The van der Waals surface area contributed by atoms with E-state index >= 15 is 4.79 Å². The Morgan fingerprint density at radius 1 is 0.396 bits per heavy atom. The molecule has 4 saturated carbocycles. The zero-order valence-corrected chi connectivity index (χ0v) is 55.5. The van der Waals surface area contributed by atoms with Crippen molar-refractivity contribution < 1.29 is 189 Å². The van der Waals surface area contributed by atoms with Crippen LogP contribution in [0.3, 0.4) is 0 Å². The Hall–Kier alpha value is -2.23. The first kappa shape index (κ1) is 79.8. The number of carbonyl (C=O) groups excluding carboxylic acids is 1. The van der Waals surface area contributed by atoms with Crippen molar-refractivity contribution in [2.45, 2.75) is 292 Å². The van der Waals surface area contributed by atoms with Gasteiger partial charge < -0.3 is 184 Å². The van der Waals surface area contributed by atoms with Crippen LogP contribution < -0.4 is 0 Å². The van der Waals surface area contributed by atoms with E-state index in [4.69, 9.17) is 66.3 Å². The number of aliphatic hydroxyl groups is 23. The second-order valence-electron chi connectivity index (χ2n) is 29.6. The Bertz CT molecular complexity index is 2740. The number of hydrogen-bond acceptors (Lipinski definition) is 38. The Balaban J connectivity index is 0.830. The summed E-state index contributed by atoms with van der Waals surface area (Å²) < 4.78 is 84.5. The third kappa shape index (κ3) is 14.5. The van der Waals surface area contributed by atoms with Crippen LogP contribution in [0.1, 0.15) is 71.6 Å². The van der Waals surface area contributed by atoms with E-state index in [-0.39, 0.29) is 25.2 Å². The maximum Gasteiger partial charge on any atom is 0.314 e. The molecule has 23 N–H and O–H groups in total. The van der Waals surface area contributed by atoms with Crippen LogP contribution in [0.5, 0.6) is 0 Å². The Labute approximate surface area is 578 Å². The fourth-order valence-corrected chi connectivity index (χ4v) is 18.2. The average molecular weight is 1470 g/mol. The molecule has 11 rings (SSSR count). The molecular formula is C63H102O38. The molecule has 1 spiro atoms. The fraction of sp³-hybridized carbons (Fsp3) is 0.952. The molecule has 41 atom stereocenters. The topological polar surface area (TPSA) is 612 Å². The van der Waals surface area contributed by atoms with E-state index in [1.807, 2.05) is 0 Å². The Morgan fingerprint density at radius 3 is 1.27 bits per heavy atom. The maximum atomic E-state index is 15.6. The van der Waals surface area contributed by atoms with Crippen LogP contribution >= 0.6 is 0 Å². The molecule has 0 aromatic heterocycles. The quantitative estimate of drug-likeness (QED) is 0.0272. The maximum absolute atomic E-state index is 15.6. The summed E-state index contributed by atoms with van der Waals surface area (Å²) in [5.41, 5.74) is -3.32. The van der Waals surface area contributed by atoms with E-state index in [0.29, 0.717) is 44.1 Å². The molecule has 101 heavy (non-hydrogen) atoms. The van der Waals surface area contributed by atoms with Gasteiger partial charge in [-0.15, -0.1) is 0 Å². The first-order valence-corrected chi connectivity index (χ1v) is 34.4. The van der Waals surface area contributed by atoms with Crippen molar-refractivity contribution in [2.24, 2.45) is 28.1 Å². The summed E-state index contributed by atoms with van der Waals surface area (Å²) in [5.74, 6) is -1.49. The summed E-state index contributed by atoms with van der Waals surface area (Å²) in [7, 11) is 0. The van der Waals surface area contributed by atoms with Gasteiger partial charge in [-0.25, -0.2) is 0 Å². The molecule has 0 aromatic carbocycles. The lowest BCUT2D eigenvalue weighted by Crippen LogP contribution is -2.67. The molecule has 38 nitrogen and oxygen atoms in total. The Kier molecular flexibility index (Phi) is 25.1. The van der Waals surface area contributed by atoms with E-state index in [1.54, 1.807) is 6.92 Å². The van der Waals surface area contributed by atoms with E-state index in [2.05, 4.69) is 13.5 Å². The lowest BCUT2D eigenvalue weighted by molar-refractivity contribution is -0.395. The second kappa shape index (κ2) is 31.8. The number of aliphatic hydroxyl groups excluding tert-OH is 23. The van der Waals surface area contributed by atoms with Gasteiger partial charge in [-0.2, -0.15) is 0 Å². The van der Waals surface area contributed by atoms with Gasteiger partial charge in [-0.1, -0.05) is 19.9 Å². The fourth-order valence-electron chi connectivity index (χ4n) is 18.2. The van der Waals surface area contributed by atoms with E-state index < -0.39 is 301 Å². The zero-order chi connectivity index (χ0) is 73.4. The van der Waals surface area contributed by atoms with Crippen molar-refractivity contribution >= 4 is 5.97 Å². The van der Waals surface area contributed by atoms with Gasteiger partial charge in [0.25, 0.3) is 0 Å². The zero-order valence-electron chi connectivity index (χ0n) is 55.5. The van der Waals surface area contributed by atoms with Gasteiger partial charge in [-0.05, 0) is 86.5 Å². The smallest absolute Gasteiger partial charge is 0.314 e. The molecule has 11 aliphatic rings. The molecule has 0 aromatic rings. The normalized spacial score (nSPS) is 54.0. The lowest BCUT2D eigenvalue weighted by Gasteiger charge is -2.64. The molecule has 4 aliphatic carbocycles. The molecule has 0 radical (unpaired) electrons. The molecule has 7 heterocycles. The molecule has 7 saturated heterocycles. The van der Waals surface area contributed by atoms with Crippen molar-refractivity contribution in [1.82, 2.24) is 0 Å². The number of rotatable bonds is 22. The van der Waals surface area contributed by atoms with Gasteiger partial charge in [0, 0.05) is 0 Å². The van der Waals surface area contributed by atoms with Crippen LogP contribution in [0.15, 0.2) is 12.2 Å². The summed E-state index contributed by atoms with van der Waals surface area (Å²) in [6.45, 7) is 1.23. The van der Waals surface area contributed by atoms with Gasteiger partial charge >= 0.3 is 5.97 Å². The summed E-state index contributed by atoms with van der Waals surface area (Å²) >= 11 is 0. The highest BCUT2D eigenvalue weighted by atomic mass is 16.8. The molecule has 0 amide bonds. The number of carbonyl (C=O) groups is 1. The third-order valence-corrected chi connectivity index (χ3v) is 23.7. The summed E-state index contributed by atoms with van der Waals surface area (Å²) in [6.07, 6.45) is -60.6.